The van der Waals surface area contributed by atoms with Gasteiger partial charge >= 0.3 is 6.03 Å². The van der Waals surface area contributed by atoms with Crippen molar-refractivity contribution in [1.82, 2.24) is 24.3 Å². The molecule has 0 bridgehead atoms. The van der Waals surface area contributed by atoms with Gasteiger partial charge in [0.1, 0.15) is 5.52 Å². The molecule has 1 N–H and O–H groups in total. The number of para-hydroxylation sites is 1. The molecule has 1 saturated heterocycles. The van der Waals surface area contributed by atoms with Crippen molar-refractivity contribution >= 4 is 22.9 Å². The SMILES string of the molecule is O=C(Nc1ccccc1)N1CCN(CCn2cnc3cccnc32)CC1. The highest BCUT2D eigenvalue weighted by Gasteiger charge is 2.21. The van der Waals surface area contributed by atoms with Gasteiger partial charge in [-0.15, -0.1) is 0 Å². The lowest BCUT2D eigenvalue weighted by atomic mass is 10.3. The van der Waals surface area contributed by atoms with Crippen LogP contribution in [0.15, 0.2) is 55.0 Å². The number of nitrogens with one attached hydrogen (secondary N) is 1. The molecule has 1 aliphatic rings. The number of carbonyl (C=O) groups is 1. The minimum absolute atomic E-state index is 0.0272. The van der Waals surface area contributed by atoms with Crippen LogP contribution in [0.25, 0.3) is 11.2 Å². The molecule has 0 unspecified atom stereocenters. The molecule has 4 rings (SSSR count). The van der Waals surface area contributed by atoms with Crippen LogP contribution in [-0.2, 0) is 6.54 Å². The molecule has 0 saturated carbocycles. The molecule has 134 valence electrons. The highest BCUT2D eigenvalue weighted by molar-refractivity contribution is 5.89. The summed E-state index contributed by atoms with van der Waals surface area (Å²) in [4.78, 5) is 25.4. The van der Waals surface area contributed by atoms with E-state index in [0.29, 0.717) is 0 Å². The zero-order chi connectivity index (χ0) is 17.8. The Hall–Kier alpha value is -2.93. The molecule has 7 heteroatoms. The van der Waals surface area contributed by atoms with Crippen LogP contribution in [0.2, 0.25) is 0 Å². The third kappa shape index (κ3) is 3.67. The Kier molecular flexibility index (Phi) is 4.79. The molecule has 7 nitrogen and oxygen atoms in total. The lowest BCUT2D eigenvalue weighted by Crippen LogP contribution is -2.50. The number of urea groups is 1. The molecular formula is C19H22N6O. The lowest BCUT2D eigenvalue weighted by Gasteiger charge is -2.34. The molecule has 0 atom stereocenters. The summed E-state index contributed by atoms with van der Waals surface area (Å²) < 4.78 is 2.09. The van der Waals surface area contributed by atoms with Gasteiger partial charge in [-0.2, -0.15) is 0 Å². The zero-order valence-corrected chi connectivity index (χ0v) is 14.6. The Balaban J connectivity index is 1.26. The van der Waals surface area contributed by atoms with Gasteiger partial charge in [0.25, 0.3) is 0 Å². The molecule has 26 heavy (non-hydrogen) atoms. The van der Waals surface area contributed by atoms with Gasteiger partial charge < -0.3 is 14.8 Å². The average molecular weight is 350 g/mol. The van der Waals surface area contributed by atoms with Gasteiger partial charge in [0.2, 0.25) is 0 Å². The second kappa shape index (κ2) is 7.53. The number of rotatable bonds is 4. The normalized spacial score (nSPS) is 15.3. The molecule has 1 fully saturated rings. The molecule has 2 amide bonds. The van der Waals surface area contributed by atoms with Crippen molar-refractivity contribution in [2.75, 3.05) is 38.0 Å². The maximum absolute atomic E-state index is 12.3. The number of nitrogens with zero attached hydrogens (tertiary/aromatic N) is 5. The fourth-order valence-corrected chi connectivity index (χ4v) is 3.21. The third-order valence-corrected chi connectivity index (χ3v) is 4.72. The summed E-state index contributed by atoms with van der Waals surface area (Å²) in [7, 11) is 0. The third-order valence-electron chi connectivity index (χ3n) is 4.72. The van der Waals surface area contributed by atoms with Crippen molar-refractivity contribution in [3.63, 3.8) is 0 Å². The molecule has 0 aliphatic carbocycles. The van der Waals surface area contributed by atoms with Gasteiger partial charge in [0.15, 0.2) is 5.65 Å². The minimum atomic E-state index is -0.0272. The first-order valence-corrected chi connectivity index (χ1v) is 8.89. The number of carbonyl (C=O) groups excluding carboxylic acids is 1. The Labute approximate surface area is 152 Å². The van der Waals surface area contributed by atoms with E-state index >= 15 is 0 Å². The highest BCUT2D eigenvalue weighted by Crippen LogP contribution is 2.11. The van der Waals surface area contributed by atoms with E-state index in [4.69, 9.17) is 0 Å². The first-order valence-electron chi connectivity index (χ1n) is 8.89. The summed E-state index contributed by atoms with van der Waals surface area (Å²) in [6, 6.07) is 13.4. The molecule has 0 radical (unpaired) electrons. The van der Waals surface area contributed by atoms with Crippen LogP contribution in [-0.4, -0.2) is 63.1 Å². The summed E-state index contributed by atoms with van der Waals surface area (Å²) in [5, 5.41) is 2.95. The number of pyridine rings is 1. The summed E-state index contributed by atoms with van der Waals surface area (Å²) in [6.07, 6.45) is 3.64. The van der Waals surface area contributed by atoms with Gasteiger partial charge in [-0.1, -0.05) is 18.2 Å². The van der Waals surface area contributed by atoms with Crippen LogP contribution < -0.4 is 5.32 Å². The number of imidazole rings is 1. The van der Waals surface area contributed by atoms with E-state index in [1.807, 2.05) is 53.7 Å². The Morgan fingerprint density at radius 3 is 2.58 bits per heavy atom. The summed E-state index contributed by atoms with van der Waals surface area (Å²) in [6.45, 7) is 5.01. The Bertz CT molecular complexity index is 870. The zero-order valence-electron chi connectivity index (χ0n) is 14.6. The standard InChI is InChI=1S/C19H22N6O/c26-19(22-16-5-2-1-3-6-16)24-12-9-23(10-13-24)11-14-25-15-21-17-7-4-8-20-18(17)25/h1-8,15H,9-14H2,(H,22,26). The van der Waals surface area contributed by atoms with Crippen LogP contribution in [0.4, 0.5) is 10.5 Å². The van der Waals surface area contributed by atoms with E-state index in [2.05, 4.69) is 24.8 Å². The minimum Gasteiger partial charge on any atom is -0.322 e. The van der Waals surface area contributed by atoms with Gasteiger partial charge in [0, 0.05) is 51.2 Å². The largest absolute Gasteiger partial charge is 0.322 e. The summed E-state index contributed by atoms with van der Waals surface area (Å²) in [5.74, 6) is 0. The number of fused-ring (bicyclic) bond motifs is 1. The van der Waals surface area contributed by atoms with Crippen molar-refractivity contribution in [3.05, 3.63) is 55.0 Å². The van der Waals surface area contributed by atoms with Gasteiger partial charge in [0.05, 0.1) is 6.33 Å². The van der Waals surface area contributed by atoms with Crippen LogP contribution in [0.5, 0.6) is 0 Å². The maximum atomic E-state index is 12.3. The smallest absolute Gasteiger partial charge is 0.321 e. The predicted octanol–water partition coefficient (Wildman–Crippen LogP) is 2.28. The molecule has 3 heterocycles. The van der Waals surface area contributed by atoms with Crippen molar-refractivity contribution in [3.8, 4) is 0 Å². The van der Waals surface area contributed by atoms with Gasteiger partial charge in [-0.25, -0.2) is 14.8 Å². The first kappa shape index (κ1) is 16.5. The van der Waals surface area contributed by atoms with Crippen molar-refractivity contribution in [1.29, 1.82) is 0 Å². The van der Waals surface area contributed by atoms with Crippen molar-refractivity contribution in [2.45, 2.75) is 6.54 Å². The second-order valence-electron chi connectivity index (χ2n) is 6.41. The average Bonchev–Trinajstić information content (AvgIpc) is 3.11. The monoisotopic (exact) mass is 350 g/mol. The molecule has 1 aromatic carbocycles. The number of piperazine rings is 1. The van der Waals surface area contributed by atoms with E-state index < -0.39 is 0 Å². The van der Waals surface area contributed by atoms with Crippen LogP contribution in [0.3, 0.4) is 0 Å². The number of hydrogen-bond acceptors (Lipinski definition) is 4. The quantitative estimate of drug-likeness (QED) is 0.784. The van der Waals surface area contributed by atoms with Crippen molar-refractivity contribution in [2.24, 2.45) is 0 Å². The maximum Gasteiger partial charge on any atom is 0.321 e. The number of anilines is 1. The molecule has 3 aromatic rings. The Morgan fingerprint density at radius 1 is 0.962 bits per heavy atom. The fourth-order valence-electron chi connectivity index (χ4n) is 3.21. The van der Waals surface area contributed by atoms with Crippen LogP contribution >= 0.6 is 0 Å². The summed E-state index contributed by atoms with van der Waals surface area (Å²) in [5.41, 5.74) is 2.68. The fraction of sp³-hybridized carbons (Fsp3) is 0.316. The number of aromatic nitrogens is 3. The topological polar surface area (TPSA) is 66.3 Å². The molecular weight excluding hydrogens is 328 g/mol. The van der Waals surface area contributed by atoms with E-state index in [1.165, 1.54) is 0 Å². The van der Waals surface area contributed by atoms with E-state index in [-0.39, 0.29) is 6.03 Å². The molecule has 2 aromatic heterocycles. The van der Waals surface area contributed by atoms with E-state index in [9.17, 15) is 4.79 Å². The number of benzene rings is 1. The van der Waals surface area contributed by atoms with Gasteiger partial charge in [-0.05, 0) is 24.3 Å². The predicted molar refractivity (Wildman–Crippen MR) is 101 cm³/mol. The summed E-state index contributed by atoms with van der Waals surface area (Å²) >= 11 is 0. The van der Waals surface area contributed by atoms with Crippen LogP contribution in [0.1, 0.15) is 0 Å². The van der Waals surface area contributed by atoms with Crippen LogP contribution in [0, 0.1) is 0 Å². The van der Waals surface area contributed by atoms with Crippen molar-refractivity contribution < 1.29 is 4.79 Å². The molecule has 1 aliphatic heterocycles. The van der Waals surface area contributed by atoms with E-state index in [1.54, 1.807) is 6.20 Å². The number of amides is 2. The number of hydrogen-bond donors (Lipinski definition) is 1. The lowest BCUT2D eigenvalue weighted by molar-refractivity contribution is 0.144. The first-order chi connectivity index (χ1) is 12.8. The highest BCUT2D eigenvalue weighted by atomic mass is 16.2. The van der Waals surface area contributed by atoms with E-state index in [0.717, 1.165) is 56.1 Å². The Morgan fingerprint density at radius 2 is 1.77 bits per heavy atom. The molecule has 0 spiro atoms. The van der Waals surface area contributed by atoms with Gasteiger partial charge in [-0.3, -0.25) is 4.90 Å². The second-order valence-corrected chi connectivity index (χ2v) is 6.41.